The third kappa shape index (κ3) is 2.05. The summed E-state index contributed by atoms with van der Waals surface area (Å²) in [4.78, 5) is 14.2. The van der Waals surface area contributed by atoms with Gasteiger partial charge in [0.15, 0.2) is 0 Å². The van der Waals surface area contributed by atoms with Gasteiger partial charge in [0, 0.05) is 6.20 Å². The number of carbonyl (C=O) groups excluding carboxylic acids is 1. The molecule has 0 atom stereocenters. The molecule has 1 rings (SSSR count). The molecule has 11 heavy (non-hydrogen) atoms. The molecule has 0 spiro atoms. The Morgan fingerprint density at radius 3 is 3.00 bits per heavy atom. The van der Waals surface area contributed by atoms with E-state index in [-0.39, 0.29) is 13.2 Å². The highest BCUT2D eigenvalue weighted by Crippen LogP contribution is 1.94. The Hall–Kier alpha value is -1.36. The molecule has 0 radical (unpaired) electrons. The number of aliphatic hydroxyl groups is 1. The van der Waals surface area contributed by atoms with Gasteiger partial charge in [0.2, 0.25) is 5.91 Å². The number of amides is 1. The fourth-order valence-electron chi connectivity index (χ4n) is 0.754. The van der Waals surface area contributed by atoms with E-state index in [1.165, 1.54) is 10.9 Å². The second-order valence-electron chi connectivity index (χ2n) is 2.16. The van der Waals surface area contributed by atoms with Crippen LogP contribution in [0.2, 0.25) is 0 Å². The van der Waals surface area contributed by atoms with Gasteiger partial charge in [-0.25, -0.2) is 4.98 Å². The molecule has 0 unspecified atom stereocenters. The average molecular weight is 155 g/mol. The number of aliphatic hydroxyl groups excluding tert-OH is 1. The van der Waals surface area contributed by atoms with Gasteiger partial charge in [-0.3, -0.25) is 4.79 Å². The van der Waals surface area contributed by atoms with Gasteiger partial charge in [0.1, 0.15) is 6.54 Å². The van der Waals surface area contributed by atoms with Crippen molar-refractivity contribution in [1.82, 2.24) is 9.55 Å². The highest BCUT2D eigenvalue weighted by Gasteiger charge is 1.98. The Morgan fingerprint density at radius 2 is 2.55 bits per heavy atom. The normalized spacial score (nSPS) is 9.91. The minimum absolute atomic E-state index is 0.104. The van der Waals surface area contributed by atoms with Gasteiger partial charge >= 0.3 is 0 Å². The third-order valence-electron chi connectivity index (χ3n) is 1.19. The maximum atomic E-state index is 10.4. The summed E-state index contributed by atoms with van der Waals surface area (Å²) < 4.78 is 1.52. The number of hydrogen-bond donors (Lipinski definition) is 2. The van der Waals surface area contributed by atoms with E-state index >= 15 is 0 Å². The molecule has 0 fully saturated rings. The topological polar surface area (TPSA) is 81.1 Å². The Labute approximate surface area is 63.5 Å². The maximum absolute atomic E-state index is 10.4. The first kappa shape index (κ1) is 7.74. The van der Waals surface area contributed by atoms with Crippen molar-refractivity contribution in [1.29, 1.82) is 0 Å². The van der Waals surface area contributed by atoms with E-state index in [0.29, 0.717) is 5.69 Å². The van der Waals surface area contributed by atoms with Crippen LogP contribution in [-0.2, 0) is 17.9 Å². The van der Waals surface area contributed by atoms with Gasteiger partial charge in [-0.2, -0.15) is 0 Å². The molecule has 0 aliphatic heterocycles. The summed E-state index contributed by atoms with van der Waals surface area (Å²) >= 11 is 0. The lowest BCUT2D eigenvalue weighted by Gasteiger charge is -1.93. The average Bonchev–Trinajstić information content (AvgIpc) is 2.34. The van der Waals surface area contributed by atoms with Crippen molar-refractivity contribution in [2.75, 3.05) is 0 Å². The Morgan fingerprint density at radius 1 is 1.82 bits per heavy atom. The van der Waals surface area contributed by atoms with Crippen LogP contribution >= 0.6 is 0 Å². The molecule has 1 amide bonds. The molecular weight excluding hydrogens is 146 g/mol. The Bertz CT molecular complexity index is 256. The summed E-state index contributed by atoms with van der Waals surface area (Å²) in [5.41, 5.74) is 5.46. The fraction of sp³-hybridized carbons (Fsp3) is 0.333. The molecule has 60 valence electrons. The van der Waals surface area contributed by atoms with Crippen molar-refractivity contribution in [3.8, 4) is 0 Å². The summed E-state index contributed by atoms with van der Waals surface area (Å²) in [5.74, 6) is -0.424. The first-order chi connectivity index (χ1) is 5.22. The van der Waals surface area contributed by atoms with E-state index in [4.69, 9.17) is 10.8 Å². The van der Waals surface area contributed by atoms with Crippen LogP contribution in [0.1, 0.15) is 5.69 Å². The predicted molar refractivity (Wildman–Crippen MR) is 37.3 cm³/mol. The zero-order valence-corrected chi connectivity index (χ0v) is 5.90. The monoisotopic (exact) mass is 155 g/mol. The standard InChI is InChI=1S/C6H9N3O2/c7-6(11)2-9-1-5(3-10)8-4-9/h1,4,10H,2-3H2,(H2,7,11). The Kier molecular flexibility index (Phi) is 2.22. The predicted octanol–water partition coefficient (Wildman–Crippen LogP) is -1.14. The first-order valence-electron chi connectivity index (χ1n) is 3.12. The van der Waals surface area contributed by atoms with Crippen LogP contribution in [0.25, 0.3) is 0 Å². The molecule has 0 saturated heterocycles. The minimum atomic E-state index is -0.424. The van der Waals surface area contributed by atoms with Gasteiger partial charge in [-0.15, -0.1) is 0 Å². The van der Waals surface area contributed by atoms with Crippen molar-refractivity contribution < 1.29 is 9.90 Å². The van der Waals surface area contributed by atoms with Crippen molar-refractivity contribution in [2.24, 2.45) is 5.73 Å². The molecular formula is C6H9N3O2. The van der Waals surface area contributed by atoms with Crippen LogP contribution in [-0.4, -0.2) is 20.6 Å². The number of aromatic nitrogens is 2. The molecule has 0 saturated carbocycles. The SMILES string of the molecule is NC(=O)Cn1cnc(CO)c1. The number of rotatable bonds is 3. The minimum Gasteiger partial charge on any atom is -0.390 e. The largest absolute Gasteiger partial charge is 0.390 e. The van der Waals surface area contributed by atoms with E-state index < -0.39 is 5.91 Å². The lowest BCUT2D eigenvalue weighted by molar-refractivity contribution is -0.118. The number of imidazole rings is 1. The van der Waals surface area contributed by atoms with Crippen molar-refractivity contribution in [3.05, 3.63) is 18.2 Å². The third-order valence-corrected chi connectivity index (χ3v) is 1.19. The van der Waals surface area contributed by atoms with E-state index in [1.54, 1.807) is 6.20 Å². The van der Waals surface area contributed by atoms with Gasteiger partial charge in [-0.1, -0.05) is 0 Å². The van der Waals surface area contributed by atoms with Crippen molar-refractivity contribution >= 4 is 5.91 Å². The van der Waals surface area contributed by atoms with E-state index in [1.807, 2.05) is 0 Å². The lowest BCUT2D eigenvalue weighted by Crippen LogP contribution is -2.17. The van der Waals surface area contributed by atoms with Gasteiger partial charge < -0.3 is 15.4 Å². The quantitative estimate of drug-likeness (QED) is 0.579. The second kappa shape index (κ2) is 3.16. The highest BCUT2D eigenvalue weighted by atomic mass is 16.3. The number of nitrogens with zero attached hydrogens (tertiary/aromatic N) is 2. The van der Waals surface area contributed by atoms with Crippen LogP contribution in [0.3, 0.4) is 0 Å². The summed E-state index contributed by atoms with van der Waals surface area (Å²) in [5, 5.41) is 8.59. The molecule has 0 bridgehead atoms. The summed E-state index contributed by atoms with van der Waals surface area (Å²) in [6.45, 7) is -0.0151. The number of primary amides is 1. The van der Waals surface area contributed by atoms with Crippen molar-refractivity contribution in [2.45, 2.75) is 13.2 Å². The molecule has 1 heterocycles. The van der Waals surface area contributed by atoms with Crippen LogP contribution in [0.5, 0.6) is 0 Å². The molecule has 0 aliphatic rings. The molecule has 1 aromatic rings. The summed E-state index contributed by atoms with van der Waals surface area (Å²) in [6, 6.07) is 0. The Balaban J connectivity index is 2.65. The number of hydrogen-bond acceptors (Lipinski definition) is 3. The smallest absolute Gasteiger partial charge is 0.237 e. The molecule has 5 heteroatoms. The first-order valence-corrected chi connectivity index (χ1v) is 3.12. The summed E-state index contributed by atoms with van der Waals surface area (Å²) in [7, 11) is 0. The fourth-order valence-corrected chi connectivity index (χ4v) is 0.754. The number of nitrogens with two attached hydrogens (primary N) is 1. The van der Waals surface area contributed by atoms with E-state index in [9.17, 15) is 4.79 Å². The number of carbonyl (C=O) groups is 1. The van der Waals surface area contributed by atoms with Gasteiger partial charge in [0.25, 0.3) is 0 Å². The zero-order chi connectivity index (χ0) is 8.27. The lowest BCUT2D eigenvalue weighted by atomic mass is 10.5. The van der Waals surface area contributed by atoms with Gasteiger partial charge in [-0.05, 0) is 0 Å². The summed E-state index contributed by atoms with van der Waals surface area (Å²) in [6.07, 6.45) is 3.03. The van der Waals surface area contributed by atoms with Crippen LogP contribution < -0.4 is 5.73 Å². The second-order valence-corrected chi connectivity index (χ2v) is 2.16. The van der Waals surface area contributed by atoms with Crippen LogP contribution in [0.4, 0.5) is 0 Å². The van der Waals surface area contributed by atoms with Gasteiger partial charge in [0.05, 0.1) is 18.6 Å². The zero-order valence-electron chi connectivity index (χ0n) is 5.90. The van der Waals surface area contributed by atoms with E-state index in [0.717, 1.165) is 0 Å². The van der Waals surface area contributed by atoms with E-state index in [2.05, 4.69) is 4.98 Å². The van der Waals surface area contributed by atoms with Crippen LogP contribution in [0, 0.1) is 0 Å². The molecule has 5 nitrogen and oxygen atoms in total. The maximum Gasteiger partial charge on any atom is 0.237 e. The molecule has 1 aromatic heterocycles. The van der Waals surface area contributed by atoms with Crippen molar-refractivity contribution in [3.63, 3.8) is 0 Å². The molecule has 0 aromatic carbocycles. The molecule has 3 N–H and O–H groups in total. The highest BCUT2D eigenvalue weighted by molar-refractivity contribution is 5.73. The van der Waals surface area contributed by atoms with Crippen LogP contribution in [0.15, 0.2) is 12.5 Å². The molecule has 0 aliphatic carbocycles.